The number of nitrogens with one attached hydrogen (secondary N) is 1. The van der Waals surface area contributed by atoms with Gasteiger partial charge in [-0.15, -0.1) is 0 Å². The fourth-order valence-corrected chi connectivity index (χ4v) is 3.21. The summed E-state index contributed by atoms with van der Waals surface area (Å²) in [6.45, 7) is 3.21. The van der Waals surface area contributed by atoms with Crippen molar-refractivity contribution in [2.75, 3.05) is 13.1 Å². The molecule has 25 heavy (non-hydrogen) atoms. The summed E-state index contributed by atoms with van der Waals surface area (Å²) in [4.78, 5) is 24.0. The number of allylic oxidation sites excluding steroid dienone is 2. The molecular formula is C21H38N2O2. The number of amides is 3. The second kappa shape index (κ2) is 15.0. The van der Waals surface area contributed by atoms with E-state index in [1.807, 2.05) is 0 Å². The van der Waals surface area contributed by atoms with Crippen LogP contribution in [0.5, 0.6) is 0 Å². The highest BCUT2D eigenvalue weighted by atomic mass is 16.2. The standard InChI is InChI=1S/C21H38N2O2/c1-2-3-4-5-6-7-8-9-10-11-12-13-14-15-16-17-18-23-19-20(24)22-21(23)25/h9-10H,2-8,11-19H2,1H3,(H,22,24,25)/b10-9-. The fourth-order valence-electron chi connectivity index (χ4n) is 3.21. The van der Waals surface area contributed by atoms with Gasteiger partial charge in [-0.25, -0.2) is 4.79 Å². The number of imide groups is 1. The molecule has 1 fully saturated rings. The van der Waals surface area contributed by atoms with Crippen molar-refractivity contribution in [3.8, 4) is 0 Å². The zero-order valence-corrected chi connectivity index (χ0v) is 16.2. The van der Waals surface area contributed by atoms with Crippen molar-refractivity contribution >= 4 is 11.9 Å². The molecule has 0 saturated carbocycles. The Morgan fingerprint density at radius 2 is 1.32 bits per heavy atom. The van der Waals surface area contributed by atoms with Crippen molar-refractivity contribution in [1.82, 2.24) is 10.2 Å². The minimum absolute atomic E-state index is 0.172. The number of urea groups is 1. The lowest BCUT2D eigenvalue weighted by Crippen LogP contribution is -2.29. The van der Waals surface area contributed by atoms with Crippen molar-refractivity contribution in [1.29, 1.82) is 0 Å². The van der Waals surface area contributed by atoms with Gasteiger partial charge < -0.3 is 4.90 Å². The average Bonchev–Trinajstić information content (AvgIpc) is 2.92. The van der Waals surface area contributed by atoms with Crippen molar-refractivity contribution < 1.29 is 9.59 Å². The molecular weight excluding hydrogens is 312 g/mol. The van der Waals surface area contributed by atoms with Crippen LogP contribution < -0.4 is 5.32 Å². The zero-order chi connectivity index (χ0) is 18.2. The highest BCUT2D eigenvalue weighted by molar-refractivity contribution is 6.01. The Kier molecular flexibility index (Phi) is 13.0. The van der Waals surface area contributed by atoms with E-state index in [0.29, 0.717) is 6.54 Å². The second-order valence-electron chi connectivity index (χ2n) is 7.21. The van der Waals surface area contributed by atoms with Crippen LogP contribution in [0.1, 0.15) is 96.8 Å². The Morgan fingerprint density at radius 1 is 0.800 bits per heavy atom. The minimum Gasteiger partial charge on any atom is -0.315 e. The van der Waals surface area contributed by atoms with E-state index in [1.165, 1.54) is 77.0 Å². The molecule has 0 bridgehead atoms. The predicted molar refractivity (Wildman–Crippen MR) is 105 cm³/mol. The minimum atomic E-state index is -0.224. The SMILES string of the molecule is CCCCCCCC/C=C\CCCCCCCCN1CC(=O)NC1=O. The van der Waals surface area contributed by atoms with E-state index in [1.54, 1.807) is 4.90 Å². The van der Waals surface area contributed by atoms with Gasteiger partial charge in [-0.05, 0) is 32.1 Å². The smallest absolute Gasteiger partial charge is 0.315 e. The summed E-state index contributed by atoms with van der Waals surface area (Å²) >= 11 is 0. The molecule has 0 spiro atoms. The first-order chi connectivity index (χ1) is 12.2. The van der Waals surface area contributed by atoms with Crippen molar-refractivity contribution in [2.45, 2.75) is 96.8 Å². The fraction of sp³-hybridized carbons (Fsp3) is 0.810. The van der Waals surface area contributed by atoms with Gasteiger partial charge in [-0.3, -0.25) is 10.1 Å². The Hall–Kier alpha value is -1.32. The summed E-state index contributed by atoms with van der Waals surface area (Å²) < 4.78 is 0. The number of unbranched alkanes of at least 4 members (excludes halogenated alkanes) is 12. The molecule has 0 aromatic carbocycles. The van der Waals surface area contributed by atoms with Crippen LogP contribution in [-0.2, 0) is 4.79 Å². The molecule has 1 heterocycles. The molecule has 0 atom stereocenters. The zero-order valence-electron chi connectivity index (χ0n) is 16.2. The van der Waals surface area contributed by atoms with Crippen LogP contribution in [0.4, 0.5) is 4.79 Å². The largest absolute Gasteiger partial charge is 0.324 e. The molecule has 1 N–H and O–H groups in total. The molecule has 0 unspecified atom stereocenters. The van der Waals surface area contributed by atoms with Gasteiger partial charge in [-0.1, -0.05) is 76.9 Å². The molecule has 1 aliphatic rings. The maximum atomic E-state index is 11.4. The normalized spacial score (nSPS) is 14.7. The number of carbonyl (C=O) groups is 2. The van der Waals surface area contributed by atoms with Crippen LogP contribution in [0.25, 0.3) is 0 Å². The Morgan fingerprint density at radius 3 is 1.84 bits per heavy atom. The molecule has 1 rings (SSSR count). The van der Waals surface area contributed by atoms with Gasteiger partial charge in [0.2, 0.25) is 5.91 Å². The van der Waals surface area contributed by atoms with Crippen LogP contribution in [0.15, 0.2) is 12.2 Å². The van der Waals surface area contributed by atoms with Gasteiger partial charge in [0.25, 0.3) is 0 Å². The molecule has 4 heteroatoms. The van der Waals surface area contributed by atoms with Gasteiger partial charge in [0.15, 0.2) is 0 Å². The van der Waals surface area contributed by atoms with Crippen LogP contribution in [-0.4, -0.2) is 29.9 Å². The Labute approximate surface area is 154 Å². The van der Waals surface area contributed by atoms with Crippen molar-refractivity contribution in [2.24, 2.45) is 0 Å². The number of carbonyl (C=O) groups excluding carboxylic acids is 2. The van der Waals surface area contributed by atoms with E-state index in [-0.39, 0.29) is 18.5 Å². The number of rotatable bonds is 16. The summed E-state index contributed by atoms with van der Waals surface area (Å²) in [6, 6.07) is -0.224. The summed E-state index contributed by atoms with van der Waals surface area (Å²) in [5.74, 6) is -0.172. The third-order valence-corrected chi connectivity index (χ3v) is 4.81. The lowest BCUT2D eigenvalue weighted by Gasteiger charge is -2.12. The number of hydrogen-bond donors (Lipinski definition) is 1. The average molecular weight is 351 g/mol. The lowest BCUT2D eigenvalue weighted by atomic mass is 10.1. The van der Waals surface area contributed by atoms with Crippen LogP contribution in [0.2, 0.25) is 0 Å². The van der Waals surface area contributed by atoms with Crippen LogP contribution in [0.3, 0.4) is 0 Å². The third-order valence-electron chi connectivity index (χ3n) is 4.81. The first kappa shape index (κ1) is 21.7. The molecule has 0 aromatic rings. The monoisotopic (exact) mass is 350 g/mol. The molecule has 1 aliphatic heterocycles. The predicted octanol–water partition coefficient (Wildman–Crippen LogP) is 5.58. The molecule has 4 nitrogen and oxygen atoms in total. The topological polar surface area (TPSA) is 49.4 Å². The molecule has 1 saturated heterocycles. The molecule has 0 radical (unpaired) electrons. The number of nitrogens with zero attached hydrogens (tertiary/aromatic N) is 1. The third kappa shape index (κ3) is 11.8. The quantitative estimate of drug-likeness (QED) is 0.224. The second-order valence-corrected chi connectivity index (χ2v) is 7.21. The first-order valence-electron chi connectivity index (χ1n) is 10.5. The molecule has 0 aromatic heterocycles. The van der Waals surface area contributed by atoms with E-state index in [2.05, 4.69) is 24.4 Å². The van der Waals surface area contributed by atoms with Crippen molar-refractivity contribution in [3.63, 3.8) is 0 Å². The van der Waals surface area contributed by atoms with E-state index in [9.17, 15) is 9.59 Å². The van der Waals surface area contributed by atoms with E-state index < -0.39 is 0 Å². The van der Waals surface area contributed by atoms with Gasteiger partial charge >= 0.3 is 6.03 Å². The van der Waals surface area contributed by atoms with Crippen LogP contribution in [0, 0.1) is 0 Å². The highest BCUT2D eigenvalue weighted by Crippen LogP contribution is 2.10. The van der Waals surface area contributed by atoms with Crippen molar-refractivity contribution in [3.05, 3.63) is 12.2 Å². The van der Waals surface area contributed by atoms with Crippen LogP contribution >= 0.6 is 0 Å². The summed E-state index contributed by atoms with van der Waals surface area (Å²) in [5.41, 5.74) is 0. The Bertz CT molecular complexity index is 393. The summed E-state index contributed by atoms with van der Waals surface area (Å²) in [5, 5.41) is 2.31. The van der Waals surface area contributed by atoms with E-state index in [0.717, 1.165) is 12.8 Å². The van der Waals surface area contributed by atoms with Gasteiger partial charge in [0.05, 0.1) is 0 Å². The highest BCUT2D eigenvalue weighted by Gasteiger charge is 2.25. The first-order valence-corrected chi connectivity index (χ1v) is 10.5. The van der Waals surface area contributed by atoms with Gasteiger partial charge in [0, 0.05) is 6.54 Å². The van der Waals surface area contributed by atoms with Gasteiger partial charge in [-0.2, -0.15) is 0 Å². The molecule has 0 aliphatic carbocycles. The maximum absolute atomic E-state index is 11.4. The van der Waals surface area contributed by atoms with E-state index >= 15 is 0 Å². The number of hydrogen-bond acceptors (Lipinski definition) is 2. The molecule has 3 amide bonds. The lowest BCUT2D eigenvalue weighted by molar-refractivity contribution is -0.118. The maximum Gasteiger partial charge on any atom is 0.324 e. The van der Waals surface area contributed by atoms with Gasteiger partial charge in [0.1, 0.15) is 6.54 Å². The van der Waals surface area contributed by atoms with E-state index in [4.69, 9.17) is 0 Å². The summed E-state index contributed by atoms with van der Waals surface area (Å²) in [7, 11) is 0. The molecule has 144 valence electrons. The summed E-state index contributed by atoms with van der Waals surface area (Å²) in [6.07, 6.45) is 22.7. The Balaban J connectivity index is 1.78.